The van der Waals surface area contributed by atoms with Crippen molar-refractivity contribution in [2.45, 2.75) is 25.0 Å². The van der Waals surface area contributed by atoms with E-state index in [2.05, 4.69) is 49.7 Å². The number of piperidine rings is 1. The van der Waals surface area contributed by atoms with Crippen LogP contribution in [0.3, 0.4) is 0 Å². The quantitative estimate of drug-likeness (QED) is 0.390. The molecule has 11 nitrogen and oxygen atoms in total. The minimum atomic E-state index is -0.487. The van der Waals surface area contributed by atoms with Gasteiger partial charge in [-0.25, -0.2) is 15.0 Å². The first-order chi connectivity index (χ1) is 20.1. The van der Waals surface area contributed by atoms with Crippen molar-refractivity contribution >= 4 is 36.2 Å². The topological polar surface area (TPSA) is 126 Å². The number of hydrogen-bond acceptors (Lipinski definition) is 8. The molecule has 3 fully saturated rings. The van der Waals surface area contributed by atoms with Gasteiger partial charge < -0.3 is 24.4 Å². The van der Waals surface area contributed by atoms with Crippen LogP contribution in [0.4, 0.5) is 11.4 Å². The Hall–Kier alpha value is -4.11. The number of carbonyl (C=O) groups is 1. The number of anilines is 1. The normalized spacial score (nSPS) is 19.2. The van der Waals surface area contributed by atoms with Gasteiger partial charge >= 0.3 is 0 Å². The number of carbonyl (C=O) groups excluding carboxylic acids is 1. The summed E-state index contributed by atoms with van der Waals surface area (Å²) in [6.45, 7) is 9.97. The summed E-state index contributed by atoms with van der Waals surface area (Å²) in [7, 11) is 0. The van der Waals surface area contributed by atoms with E-state index in [9.17, 15) is 10.1 Å². The molecule has 11 heteroatoms. The number of nitriles is 1. The molecular weight excluding hydrogens is 522 g/mol. The first kappa shape index (κ1) is 28.4. The molecule has 0 radical (unpaired) electrons. The Morgan fingerprint density at radius 2 is 1.83 bits per heavy atom. The monoisotopic (exact) mass is 557 g/mol. The number of hydrogen-bond donors (Lipinski definition) is 1. The van der Waals surface area contributed by atoms with Crippen LogP contribution in [0.1, 0.15) is 24.0 Å². The van der Waals surface area contributed by atoms with Gasteiger partial charge in [-0.3, -0.25) is 9.69 Å². The van der Waals surface area contributed by atoms with E-state index in [0.29, 0.717) is 54.7 Å². The van der Waals surface area contributed by atoms with Crippen LogP contribution in [0.5, 0.6) is 5.75 Å². The average molecular weight is 558 g/mol. The second kappa shape index (κ2) is 13.5. The van der Waals surface area contributed by atoms with E-state index in [1.165, 1.54) is 12.0 Å². The van der Waals surface area contributed by atoms with E-state index in [-0.39, 0.29) is 12.0 Å². The molecule has 0 spiro atoms. The molecule has 0 aromatic heterocycles. The van der Waals surface area contributed by atoms with Gasteiger partial charge in [0.15, 0.2) is 5.84 Å². The third-order valence-corrected chi connectivity index (χ3v) is 7.78. The fourth-order valence-electron chi connectivity index (χ4n) is 5.25. The van der Waals surface area contributed by atoms with Crippen molar-refractivity contribution < 1.29 is 19.4 Å². The zero-order valence-corrected chi connectivity index (χ0v) is 23.1. The van der Waals surface area contributed by atoms with Gasteiger partial charge in [0.1, 0.15) is 30.9 Å². The molecule has 3 heterocycles. The number of amides is 1. The van der Waals surface area contributed by atoms with Crippen LogP contribution in [0.15, 0.2) is 57.4 Å². The Morgan fingerprint density at radius 3 is 2.44 bits per heavy atom. The molecule has 5 rings (SSSR count). The Kier molecular flexibility index (Phi) is 9.36. The van der Waals surface area contributed by atoms with E-state index < -0.39 is 6.61 Å². The number of benzene rings is 2. The van der Waals surface area contributed by atoms with Crippen molar-refractivity contribution in [3.8, 4) is 11.8 Å². The highest BCUT2D eigenvalue weighted by Crippen LogP contribution is 2.25. The molecule has 2 aromatic rings. The Bertz CT molecular complexity index is 1320. The summed E-state index contributed by atoms with van der Waals surface area (Å²) in [5.41, 5.74) is 2.95. The molecule has 0 saturated carbocycles. The highest BCUT2D eigenvalue weighted by atomic mass is 16.5. The molecular formula is C30H35N7O4. The number of piperazine rings is 1. The lowest BCUT2D eigenvalue weighted by Gasteiger charge is -2.43. The van der Waals surface area contributed by atoms with Crippen LogP contribution < -0.4 is 9.64 Å². The molecule has 214 valence electrons. The minimum absolute atomic E-state index is 0.119. The second-order valence-electron chi connectivity index (χ2n) is 10.3. The van der Waals surface area contributed by atoms with Gasteiger partial charge in [0.2, 0.25) is 5.91 Å². The van der Waals surface area contributed by atoms with Crippen molar-refractivity contribution in [3.05, 3.63) is 53.6 Å². The molecule has 0 atom stereocenters. The number of aliphatic hydroxyl groups is 1. The summed E-state index contributed by atoms with van der Waals surface area (Å²) in [5.74, 6) is 0.539. The predicted octanol–water partition coefficient (Wildman–Crippen LogP) is 2.25. The Labute approximate surface area is 240 Å². The van der Waals surface area contributed by atoms with E-state index in [1.54, 1.807) is 23.1 Å². The maximum absolute atomic E-state index is 11.7. The number of amidine groups is 1. The SMILES string of the molecule is C=NC(=NC=Nc1ccc(N2CCN(C3COC3)CC2)cc1)c1ccc(OC2CCN(C(=O)CO)CC2)c(C#N)c1. The van der Waals surface area contributed by atoms with Crippen LogP contribution in [-0.2, 0) is 9.53 Å². The van der Waals surface area contributed by atoms with Crippen molar-refractivity contribution in [1.82, 2.24) is 9.80 Å². The number of ether oxygens (including phenoxy) is 2. The molecule has 41 heavy (non-hydrogen) atoms. The standard InChI is InChI=1S/C30H35N7O4/c1-32-30(22-2-7-28(23(16-22)17-31)41-27-8-10-37(11-9-27)29(39)18-38)34-21-33-24-3-5-25(6-4-24)35-12-14-36(15-13-35)26-19-40-20-26/h2-7,16,21,26-27,38H,1,8-15,18-20H2. The van der Waals surface area contributed by atoms with Crippen LogP contribution in [-0.4, -0.2) is 111 Å². The number of nitrogens with zero attached hydrogens (tertiary/aromatic N) is 7. The van der Waals surface area contributed by atoms with Crippen molar-refractivity contribution in [3.63, 3.8) is 0 Å². The summed E-state index contributed by atoms with van der Waals surface area (Å²) >= 11 is 0. The number of aliphatic imine (C=N–C) groups is 3. The number of rotatable bonds is 8. The first-order valence-electron chi connectivity index (χ1n) is 13.9. The third-order valence-electron chi connectivity index (χ3n) is 7.78. The van der Waals surface area contributed by atoms with Gasteiger partial charge in [-0.1, -0.05) is 0 Å². The zero-order valence-electron chi connectivity index (χ0n) is 23.1. The van der Waals surface area contributed by atoms with Crippen LogP contribution in [0, 0.1) is 11.3 Å². The van der Waals surface area contributed by atoms with Gasteiger partial charge in [0, 0.05) is 63.4 Å². The largest absolute Gasteiger partial charge is 0.489 e. The minimum Gasteiger partial charge on any atom is -0.489 e. The maximum atomic E-state index is 11.7. The molecule has 3 saturated heterocycles. The Morgan fingerprint density at radius 1 is 1.10 bits per heavy atom. The molecule has 0 unspecified atom stereocenters. The van der Waals surface area contributed by atoms with Gasteiger partial charge in [-0.15, -0.1) is 0 Å². The fourth-order valence-corrected chi connectivity index (χ4v) is 5.25. The smallest absolute Gasteiger partial charge is 0.248 e. The van der Waals surface area contributed by atoms with E-state index in [4.69, 9.17) is 14.6 Å². The van der Waals surface area contributed by atoms with E-state index in [0.717, 1.165) is 45.1 Å². The van der Waals surface area contributed by atoms with Gasteiger partial charge in [-0.2, -0.15) is 5.26 Å². The summed E-state index contributed by atoms with van der Waals surface area (Å²) in [6.07, 6.45) is 2.58. The molecule has 0 bridgehead atoms. The number of likely N-dealkylation sites (tertiary alicyclic amines) is 1. The average Bonchev–Trinajstić information content (AvgIpc) is 2.99. The van der Waals surface area contributed by atoms with Gasteiger partial charge in [-0.05, 0) is 49.2 Å². The lowest BCUT2D eigenvalue weighted by Crippen LogP contribution is -2.56. The maximum Gasteiger partial charge on any atom is 0.248 e. The summed E-state index contributed by atoms with van der Waals surface area (Å²) in [4.78, 5) is 31.1. The second-order valence-corrected chi connectivity index (χ2v) is 10.3. The van der Waals surface area contributed by atoms with Crippen molar-refractivity contribution in [2.75, 3.05) is 64.0 Å². The Balaban J connectivity index is 1.17. The lowest BCUT2D eigenvalue weighted by molar-refractivity contribution is -0.135. The third kappa shape index (κ3) is 6.97. The van der Waals surface area contributed by atoms with Crippen molar-refractivity contribution in [2.24, 2.45) is 15.0 Å². The van der Waals surface area contributed by atoms with E-state index >= 15 is 0 Å². The molecule has 2 aromatic carbocycles. The molecule has 1 amide bonds. The summed E-state index contributed by atoms with van der Waals surface area (Å²) in [5, 5.41) is 18.8. The molecule has 1 N–H and O–H groups in total. The molecule has 3 aliphatic heterocycles. The highest BCUT2D eigenvalue weighted by molar-refractivity contribution is 6.05. The molecule has 3 aliphatic rings. The fraction of sp³-hybridized carbons (Fsp3) is 0.433. The zero-order chi connectivity index (χ0) is 28.6. The summed E-state index contributed by atoms with van der Waals surface area (Å²) in [6, 6.07) is 16.1. The first-order valence-corrected chi connectivity index (χ1v) is 13.9. The number of aliphatic hydroxyl groups excluding tert-OH is 1. The van der Waals surface area contributed by atoms with E-state index in [1.807, 2.05) is 12.1 Å². The van der Waals surface area contributed by atoms with Crippen molar-refractivity contribution in [1.29, 1.82) is 5.26 Å². The lowest BCUT2D eigenvalue weighted by atomic mass is 10.1. The van der Waals surface area contributed by atoms with Gasteiger partial charge in [0.25, 0.3) is 0 Å². The van der Waals surface area contributed by atoms with Crippen LogP contribution >= 0.6 is 0 Å². The predicted molar refractivity (Wildman–Crippen MR) is 158 cm³/mol. The van der Waals surface area contributed by atoms with Crippen LogP contribution in [0.25, 0.3) is 0 Å². The molecule has 0 aliphatic carbocycles. The summed E-state index contributed by atoms with van der Waals surface area (Å²) < 4.78 is 11.4. The van der Waals surface area contributed by atoms with Gasteiger partial charge in [0.05, 0.1) is 30.5 Å². The highest BCUT2D eigenvalue weighted by Gasteiger charge is 2.29. The van der Waals surface area contributed by atoms with Crippen LogP contribution in [0.2, 0.25) is 0 Å².